The Labute approximate surface area is 177 Å². The number of alkyl halides is 3. The molecule has 0 spiro atoms. The fourth-order valence-corrected chi connectivity index (χ4v) is 4.07. The van der Waals surface area contributed by atoms with Gasteiger partial charge in [-0.2, -0.15) is 13.2 Å². The summed E-state index contributed by atoms with van der Waals surface area (Å²) in [6.07, 6.45) is -2.98. The number of hydrogen-bond donors (Lipinski definition) is 0. The number of nitrogens with zero attached hydrogens (tertiary/aromatic N) is 3. The SMILES string of the molecule is CCN(C(=O)C(C)Sc1ncc(-c2ccccc2)n1CC(F)(F)F)c1ccccc1. The normalized spacial score (nSPS) is 12.6. The van der Waals surface area contributed by atoms with Crippen LogP contribution in [-0.4, -0.2) is 33.4 Å². The first-order valence-corrected chi connectivity index (χ1v) is 10.4. The molecule has 0 N–H and O–H groups in total. The van der Waals surface area contributed by atoms with Crippen molar-refractivity contribution in [2.45, 2.75) is 37.0 Å². The molecule has 0 radical (unpaired) electrons. The third kappa shape index (κ3) is 5.24. The standard InChI is InChI=1S/C22H22F3N3OS/c1-3-27(18-12-8-5-9-13-18)20(29)16(2)30-21-26-14-19(17-10-6-4-7-11-17)28(21)15-22(23,24)25/h4-14,16H,3,15H2,1-2H3. The van der Waals surface area contributed by atoms with Crippen LogP contribution in [0.2, 0.25) is 0 Å². The number of imidazole rings is 1. The van der Waals surface area contributed by atoms with Gasteiger partial charge in [-0.25, -0.2) is 4.98 Å². The molecule has 8 heteroatoms. The minimum atomic E-state index is -4.41. The van der Waals surface area contributed by atoms with Crippen molar-refractivity contribution in [1.29, 1.82) is 0 Å². The van der Waals surface area contributed by atoms with Crippen LogP contribution in [0.5, 0.6) is 0 Å². The van der Waals surface area contributed by atoms with Gasteiger partial charge in [-0.15, -0.1) is 0 Å². The summed E-state index contributed by atoms with van der Waals surface area (Å²) >= 11 is 1.03. The Bertz CT molecular complexity index is 974. The number of anilines is 1. The van der Waals surface area contributed by atoms with Crippen LogP contribution in [0.15, 0.2) is 72.0 Å². The Balaban J connectivity index is 1.88. The molecule has 0 saturated carbocycles. The zero-order chi connectivity index (χ0) is 21.7. The molecule has 0 aliphatic carbocycles. The first-order valence-electron chi connectivity index (χ1n) is 9.51. The molecular formula is C22H22F3N3OS. The van der Waals surface area contributed by atoms with Crippen LogP contribution in [0.1, 0.15) is 13.8 Å². The van der Waals surface area contributed by atoms with Gasteiger partial charge in [0.25, 0.3) is 0 Å². The fourth-order valence-electron chi connectivity index (χ4n) is 3.13. The number of rotatable bonds is 7. The maximum Gasteiger partial charge on any atom is 0.406 e. The van der Waals surface area contributed by atoms with Crippen molar-refractivity contribution in [2.24, 2.45) is 0 Å². The Morgan fingerprint density at radius 1 is 1.10 bits per heavy atom. The molecule has 3 rings (SSSR count). The predicted molar refractivity (Wildman–Crippen MR) is 114 cm³/mol. The number of benzene rings is 2. The van der Waals surface area contributed by atoms with Gasteiger partial charge >= 0.3 is 6.18 Å². The van der Waals surface area contributed by atoms with Gasteiger partial charge in [0, 0.05) is 12.2 Å². The lowest BCUT2D eigenvalue weighted by Crippen LogP contribution is -2.36. The molecule has 0 saturated heterocycles. The largest absolute Gasteiger partial charge is 0.406 e. The minimum absolute atomic E-state index is 0.163. The maximum absolute atomic E-state index is 13.3. The van der Waals surface area contributed by atoms with E-state index in [-0.39, 0.29) is 11.1 Å². The summed E-state index contributed by atoms with van der Waals surface area (Å²) in [4.78, 5) is 18.8. The second-order valence-corrected chi connectivity index (χ2v) is 7.98. The summed E-state index contributed by atoms with van der Waals surface area (Å²) < 4.78 is 40.9. The number of aromatic nitrogens is 2. The van der Waals surface area contributed by atoms with Crippen molar-refractivity contribution in [3.05, 3.63) is 66.9 Å². The molecule has 0 aliphatic heterocycles. The molecule has 1 aromatic heterocycles. The summed E-state index contributed by atoms with van der Waals surface area (Å²) in [5.74, 6) is -0.184. The molecular weight excluding hydrogens is 411 g/mol. The van der Waals surface area contributed by atoms with Crippen molar-refractivity contribution in [1.82, 2.24) is 9.55 Å². The van der Waals surface area contributed by atoms with E-state index in [1.165, 1.54) is 6.20 Å². The number of amides is 1. The Hall–Kier alpha value is -2.74. The Kier molecular flexibility index (Phi) is 6.87. The Morgan fingerprint density at radius 2 is 1.70 bits per heavy atom. The number of hydrogen-bond acceptors (Lipinski definition) is 3. The molecule has 1 heterocycles. The summed E-state index contributed by atoms with van der Waals surface area (Å²) in [7, 11) is 0. The van der Waals surface area contributed by atoms with Gasteiger partial charge in [0.15, 0.2) is 5.16 Å². The summed E-state index contributed by atoms with van der Waals surface area (Å²) in [5.41, 5.74) is 1.76. The van der Waals surface area contributed by atoms with Gasteiger partial charge in [0.2, 0.25) is 5.91 Å². The molecule has 0 fully saturated rings. The smallest absolute Gasteiger partial charge is 0.312 e. The lowest BCUT2D eigenvalue weighted by molar-refractivity contribution is -0.141. The number of halogens is 3. The molecule has 158 valence electrons. The molecule has 0 bridgehead atoms. The molecule has 1 atom stereocenters. The van der Waals surface area contributed by atoms with E-state index in [1.807, 2.05) is 37.3 Å². The second kappa shape index (κ2) is 9.38. The highest BCUT2D eigenvalue weighted by atomic mass is 32.2. The summed E-state index contributed by atoms with van der Waals surface area (Å²) in [6.45, 7) is 2.84. The lowest BCUT2D eigenvalue weighted by atomic mass is 10.2. The van der Waals surface area contributed by atoms with Crippen LogP contribution in [0, 0.1) is 0 Å². The van der Waals surface area contributed by atoms with E-state index in [2.05, 4.69) is 4.98 Å². The van der Waals surface area contributed by atoms with E-state index in [9.17, 15) is 18.0 Å². The average Bonchev–Trinajstić information content (AvgIpc) is 3.10. The van der Waals surface area contributed by atoms with E-state index in [0.717, 1.165) is 22.0 Å². The number of carbonyl (C=O) groups excluding carboxylic acids is 1. The van der Waals surface area contributed by atoms with E-state index >= 15 is 0 Å². The molecule has 4 nitrogen and oxygen atoms in total. The van der Waals surface area contributed by atoms with Crippen molar-refractivity contribution in [3.63, 3.8) is 0 Å². The van der Waals surface area contributed by atoms with E-state index in [0.29, 0.717) is 17.8 Å². The zero-order valence-corrected chi connectivity index (χ0v) is 17.5. The third-order valence-electron chi connectivity index (χ3n) is 4.51. The summed E-state index contributed by atoms with van der Waals surface area (Å²) in [6, 6.07) is 18.0. The highest BCUT2D eigenvalue weighted by Gasteiger charge is 2.32. The summed E-state index contributed by atoms with van der Waals surface area (Å²) in [5, 5.41) is -0.445. The number of carbonyl (C=O) groups is 1. The van der Waals surface area contributed by atoms with Gasteiger partial charge in [0.05, 0.1) is 17.1 Å². The van der Waals surface area contributed by atoms with Crippen LogP contribution in [0.25, 0.3) is 11.3 Å². The molecule has 1 unspecified atom stereocenters. The van der Waals surface area contributed by atoms with Crippen LogP contribution in [0.3, 0.4) is 0 Å². The van der Waals surface area contributed by atoms with Crippen molar-refractivity contribution in [3.8, 4) is 11.3 Å². The highest BCUT2D eigenvalue weighted by Crippen LogP contribution is 2.32. The zero-order valence-electron chi connectivity index (χ0n) is 16.6. The molecule has 2 aromatic carbocycles. The fraction of sp³-hybridized carbons (Fsp3) is 0.273. The topological polar surface area (TPSA) is 38.1 Å². The van der Waals surface area contributed by atoms with Crippen LogP contribution < -0.4 is 4.90 Å². The average molecular weight is 433 g/mol. The molecule has 3 aromatic rings. The van der Waals surface area contributed by atoms with Gasteiger partial charge in [-0.1, -0.05) is 60.3 Å². The van der Waals surface area contributed by atoms with E-state index in [4.69, 9.17) is 0 Å². The predicted octanol–water partition coefficient (Wildman–Crippen LogP) is 5.65. The number of thioether (sulfide) groups is 1. The highest BCUT2D eigenvalue weighted by molar-refractivity contribution is 8.00. The number of para-hydroxylation sites is 1. The Morgan fingerprint density at radius 3 is 2.27 bits per heavy atom. The quantitative estimate of drug-likeness (QED) is 0.452. The van der Waals surface area contributed by atoms with Gasteiger partial charge in [-0.05, 0) is 31.5 Å². The molecule has 1 amide bonds. The van der Waals surface area contributed by atoms with Gasteiger partial charge in [-0.3, -0.25) is 4.79 Å². The maximum atomic E-state index is 13.3. The van der Waals surface area contributed by atoms with Crippen LogP contribution in [-0.2, 0) is 11.3 Å². The lowest BCUT2D eigenvalue weighted by Gasteiger charge is -2.24. The van der Waals surface area contributed by atoms with Gasteiger partial charge < -0.3 is 9.47 Å². The third-order valence-corrected chi connectivity index (χ3v) is 5.60. The van der Waals surface area contributed by atoms with Gasteiger partial charge in [0.1, 0.15) is 6.54 Å². The van der Waals surface area contributed by atoms with Crippen molar-refractivity contribution < 1.29 is 18.0 Å². The first-order chi connectivity index (χ1) is 14.3. The molecule has 30 heavy (non-hydrogen) atoms. The first kappa shape index (κ1) is 22.0. The van der Waals surface area contributed by atoms with Crippen LogP contribution in [0.4, 0.5) is 18.9 Å². The van der Waals surface area contributed by atoms with Crippen molar-refractivity contribution in [2.75, 3.05) is 11.4 Å². The minimum Gasteiger partial charge on any atom is -0.312 e. The second-order valence-electron chi connectivity index (χ2n) is 6.67. The van der Waals surface area contributed by atoms with Crippen LogP contribution >= 0.6 is 11.8 Å². The monoisotopic (exact) mass is 433 g/mol. The van der Waals surface area contributed by atoms with Crippen molar-refractivity contribution >= 4 is 23.4 Å². The van der Waals surface area contributed by atoms with E-state index in [1.54, 1.807) is 42.2 Å². The molecule has 0 aliphatic rings. The van der Waals surface area contributed by atoms with E-state index < -0.39 is 18.0 Å².